The lowest BCUT2D eigenvalue weighted by Crippen LogP contribution is -2.47. The van der Waals surface area contributed by atoms with E-state index in [0.29, 0.717) is 44.2 Å². The minimum Gasteiger partial charge on any atom is -0.484 e. The largest absolute Gasteiger partial charge is 0.484 e. The third kappa shape index (κ3) is 4.96. The molecule has 2 amide bonds. The molecule has 0 aliphatic carbocycles. The molecule has 2 fully saturated rings. The number of hydrogen-bond donors (Lipinski definition) is 2. The summed E-state index contributed by atoms with van der Waals surface area (Å²) < 4.78 is 39.5. The summed E-state index contributed by atoms with van der Waals surface area (Å²) in [5, 5.41) is 7.47. The number of hydrogen-bond acceptors (Lipinski definition) is 9. The summed E-state index contributed by atoms with van der Waals surface area (Å²) in [6.07, 6.45) is 1.98. The maximum absolute atomic E-state index is 13.4. The lowest BCUT2D eigenvalue weighted by Gasteiger charge is -2.34. The zero-order valence-electron chi connectivity index (χ0n) is 21.8. The van der Waals surface area contributed by atoms with Crippen molar-refractivity contribution in [1.29, 1.82) is 0 Å². The van der Waals surface area contributed by atoms with E-state index in [9.17, 15) is 18.4 Å². The Bertz CT molecular complexity index is 1490. The number of ether oxygens (including phenoxy) is 2. The third-order valence-electron chi connectivity index (χ3n) is 7.39. The van der Waals surface area contributed by atoms with Crippen molar-refractivity contribution in [3.05, 3.63) is 40.0 Å². The van der Waals surface area contributed by atoms with Gasteiger partial charge < -0.3 is 30.3 Å². The van der Waals surface area contributed by atoms with Crippen LogP contribution in [0, 0.1) is 0 Å². The molecule has 3 aliphatic heterocycles. The Labute approximate surface area is 232 Å². The first-order valence-electron chi connectivity index (χ1n) is 13.1. The highest BCUT2D eigenvalue weighted by Gasteiger charge is 2.31. The first-order chi connectivity index (χ1) is 19.3. The topological polar surface area (TPSA) is 127 Å². The van der Waals surface area contributed by atoms with Crippen LogP contribution in [0.25, 0.3) is 11.1 Å². The molecule has 11 nitrogen and oxygen atoms in total. The number of carbonyl (C=O) groups excluding carboxylic acids is 2. The van der Waals surface area contributed by atoms with Crippen molar-refractivity contribution in [3.8, 4) is 5.75 Å². The van der Waals surface area contributed by atoms with Crippen LogP contribution < -0.4 is 20.7 Å². The number of nitrogens with one attached hydrogen (secondary N) is 1. The lowest BCUT2D eigenvalue weighted by molar-refractivity contribution is -0.127. The Morgan fingerprint density at radius 2 is 2.12 bits per heavy atom. The molecular weight excluding hydrogens is 544 g/mol. The molecule has 3 N–H and O–H groups in total. The van der Waals surface area contributed by atoms with Gasteiger partial charge in [0, 0.05) is 45.2 Å². The predicted molar refractivity (Wildman–Crippen MR) is 145 cm³/mol. The molecule has 0 unspecified atom stereocenters. The molecule has 0 radical (unpaired) electrons. The van der Waals surface area contributed by atoms with Crippen LogP contribution in [-0.4, -0.2) is 82.9 Å². The number of nitrogen functional groups attached to an aromatic ring is 1. The number of thiophene rings is 1. The van der Waals surface area contributed by atoms with E-state index < -0.39 is 12.3 Å². The van der Waals surface area contributed by atoms with Crippen molar-refractivity contribution in [2.24, 2.45) is 0 Å². The average molecular weight is 574 g/mol. The van der Waals surface area contributed by atoms with E-state index in [1.54, 1.807) is 16.3 Å². The maximum Gasteiger partial charge on any atom is 0.272 e. The molecule has 6 heterocycles. The van der Waals surface area contributed by atoms with Crippen molar-refractivity contribution in [1.82, 2.24) is 24.8 Å². The van der Waals surface area contributed by atoms with Gasteiger partial charge in [-0.05, 0) is 24.5 Å². The van der Waals surface area contributed by atoms with Gasteiger partial charge in [0.25, 0.3) is 12.3 Å². The van der Waals surface area contributed by atoms with Crippen LogP contribution in [0.4, 0.5) is 20.3 Å². The Morgan fingerprint density at radius 1 is 1.30 bits per heavy atom. The number of nitrogens with two attached hydrogens (primary N) is 1. The number of amides is 2. The molecule has 3 aromatic rings. The van der Waals surface area contributed by atoms with Gasteiger partial charge in [0.2, 0.25) is 5.91 Å². The number of carbonyl (C=O) groups is 2. The number of halogens is 2. The van der Waals surface area contributed by atoms with Crippen molar-refractivity contribution < 1.29 is 27.8 Å². The van der Waals surface area contributed by atoms with Crippen molar-refractivity contribution >= 4 is 45.7 Å². The zero-order chi connectivity index (χ0) is 28.0. The van der Waals surface area contributed by atoms with Crippen LogP contribution >= 0.6 is 11.3 Å². The van der Waals surface area contributed by atoms with Gasteiger partial charge in [-0.25, -0.2) is 18.3 Å². The highest BCUT2D eigenvalue weighted by atomic mass is 32.1. The van der Waals surface area contributed by atoms with Crippen LogP contribution in [0.2, 0.25) is 0 Å². The molecule has 0 spiro atoms. The second kappa shape index (κ2) is 10.7. The summed E-state index contributed by atoms with van der Waals surface area (Å²) in [6.45, 7) is 4.48. The van der Waals surface area contributed by atoms with E-state index in [2.05, 4.69) is 20.3 Å². The number of rotatable bonds is 7. The Morgan fingerprint density at radius 3 is 2.83 bits per heavy atom. The number of alkyl halides is 2. The van der Waals surface area contributed by atoms with E-state index >= 15 is 0 Å². The lowest BCUT2D eigenvalue weighted by atomic mass is 10.0. The van der Waals surface area contributed by atoms with E-state index in [0.717, 1.165) is 47.7 Å². The minimum absolute atomic E-state index is 0.00271. The van der Waals surface area contributed by atoms with Gasteiger partial charge in [-0.15, -0.1) is 11.3 Å². The normalized spacial score (nSPS) is 19.7. The molecule has 3 aromatic heterocycles. The second-order valence-electron chi connectivity index (χ2n) is 10.1. The second-order valence-corrected chi connectivity index (χ2v) is 11.2. The summed E-state index contributed by atoms with van der Waals surface area (Å²) in [7, 11) is 0. The standard InChI is InChI=1S/C26H29F2N7O4S/c1-14(36)33-6-4-15(9-33)18-7-19(22-25(29)30-13-31-35(18)22)34-5-2-3-16(10-34)32-26(37)23-20(39-17-11-38-12-17)8-21(40-23)24(27)28/h4,7-8,13,16-17,24H,2-3,5-6,9-12H2,1H3,(H,32,37)(H2,29,30,31)/t16-/m1/s1. The average Bonchev–Trinajstić information content (AvgIpc) is 3.63. The molecule has 6 rings (SSSR count). The van der Waals surface area contributed by atoms with Gasteiger partial charge in [0.05, 0.1) is 29.5 Å². The van der Waals surface area contributed by atoms with Crippen LogP contribution in [0.1, 0.15) is 46.4 Å². The van der Waals surface area contributed by atoms with Crippen LogP contribution in [0.3, 0.4) is 0 Å². The van der Waals surface area contributed by atoms with Gasteiger partial charge in [0.15, 0.2) is 5.82 Å². The third-order valence-corrected chi connectivity index (χ3v) is 8.52. The number of anilines is 2. The van der Waals surface area contributed by atoms with Crippen molar-refractivity contribution in [2.45, 2.75) is 38.3 Å². The van der Waals surface area contributed by atoms with Crippen molar-refractivity contribution in [3.63, 3.8) is 0 Å². The van der Waals surface area contributed by atoms with Gasteiger partial charge in [-0.3, -0.25) is 9.59 Å². The SMILES string of the molecule is CC(=O)N1CC=C(c2cc(N3CCC[C@@H](NC(=O)c4sc(C(F)F)cc4OC4COC4)C3)c3c(N)ncnn23)C1. The van der Waals surface area contributed by atoms with Crippen molar-refractivity contribution in [2.75, 3.05) is 50.0 Å². The van der Waals surface area contributed by atoms with Crippen LogP contribution in [-0.2, 0) is 9.53 Å². The number of nitrogens with zero attached hydrogens (tertiary/aromatic N) is 5. The maximum atomic E-state index is 13.4. The Hall–Kier alpha value is -3.78. The molecule has 0 bridgehead atoms. The van der Waals surface area contributed by atoms with E-state index in [1.165, 1.54) is 12.4 Å². The molecule has 14 heteroatoms. The van der Waals surface area contributed by atoms with Gasteiger partial charge in [-0.2, -0.15) is 5.10 Å². The number of piperidine rings is 1. The number of aromatic nitrogens is 3. The highest BCUT2D eigenvalue weighted by Crippen LogP contribution is 2.37. The Kier molecular flexibility index (Phi) is 7.04. The fraction of sp³-hybridized carbons (Fsp3) is 0.462. The molecule has 0 aromatic carbocycles. The summed E-state index contributed by atoms with van der Waals surface area (Å²) in [5.74, 6) is 0.0438. The van der Waals surface area contributed by atoms with Crippen LogP contribution in [0.15, 0.2) is 24.5 Å². The molecule has 1 atom stereocenters. The summed E-state index contributed by atoms with van der Waals surface area (Å²) in [6, 6.07) is 3.01. The fourth-order valence-corrected chi connectivity index (χ4v) is 6.12. The molecule has 0 saturated carbocycles. The molecule has 3 aliphatic rings. The molecule has 2 saturated heterocycles. The molecular formula is C26H29F2N7O4S. The zero-order valence-corrected chi connectivity index (χ0v) is 22.6. The summed E-state index contributed by atoms with van der Waals surface area (Å²) >= 11 is 0.749. The predicted octanol–water partition coefficient (Wildman–Crippen LogP) is 2.73. The molecule has 40 heavy (non-hydrogen) atoms. The fourth-order valence-electron chi connectivity index (χ4n) is 5.27. The summed E-state index contributed by atoms with van der Waals surface area (Å²) in [4.78, 5) is 33.2. The minimum atomic E-state index is -2.70. The van der Waals surface area contributed by atoms with Gasteiger partial charge in [0.1, 0.15) is 28.6 Å². The van der Waals surface area contributed by atoms with E-state index in [4.69, 9.17) is 15.2 Å². The smallest absolute Gasteiger partial charge is 0.272 e. The first-order valence-corrected chi connectivity index (χ1v) is 13.9. The van der Waals surface area contributed by atoms with Gasteiger partial charge in [-0.1, -0.05) is 6.08 Å². The monoisotopic (exact) mass is 573 g/mol. The molecule has 212 valence electrons. The highest BCUT2D eigenvalue weighted by molar-refractivity contribution is 7.14. The summed E-state index contributed by atoms with van der Waals surface area (Å²) in [5.41, 5.74) is 9.59. The van der Waals surface area contributed by atoms with E-state index in [-0.39, 0.29) is 33.6 Å². The van der Waals surface area contributed by atoms with Gasteiger partial charge >= 0.3 is 0 Å². The van der Waals surface area contributed by atoms with E-state index in [1.807, 2.05) is 12.1 Å². The van der Waals surface area contributed by atoms with Crippen LogP contribution in [0.5, 0.6) is 5.75 Å². The first kappa shape index (κ1) is 26.4. The Balaban J connectivity index is 1.23. The number of fused-ring (bicyclic) bond motifs is 1. The quantitative estimate of drug-likeness (QED) is 0.442.